The van der Waals surface area contributed by atoms with Gasteiger partial charge in [0.2, 0.25) is 5.91 Å². The van der Waals surface area contributed by atoms with E-state index < -0.39 is 4.92 Å². The number of hydrogen-bond acceptors (Lipinski definition) is 6. The van der Waals surface area contributed by atoms with Gasteiger partial charge in [0.15, 0.2) is 0 Å². The minimum Gasteiger partial charge on any atom is -0.380 e. The zero-order valence-corrected chi connectivity index (χ0v) is 15.3. The van der Waals surface area contributed by atoms with Gasteiger partial charge in [0, 0.05) is 57.5 Å². The Morgan fingerprint density at radius 3 is 2.19 bits per heavy atom. The summed E-state index contributed by atoms with van der Waals surface area (Å²) < 4.78 is 5.12. The minimum atomic E-state index is -0.507. The first kappa shape index (κ1) is 21.8. The molecule has 144 valence electrons. The lowest BCUT2D eigenvalue weighted by Crippen LogP contribution is -2.51. The van der Waals surface area contributed by atoms with Crippen molar-refractivity contribution in [2.45, 2.75) is 12.5 Å². The van der Waals surface area contributed by atoms with Gasteiger partial charge >= 0.3 is 0 Å². The van der Waals surface area contributed by atoms with E-state index in [0.717, 1.165) is 0 Å². The van der Waals surface area contributed by atoms with Crippen LogP contribution in [-0.4, -0.2) is 72.5 Å². The van der Waals surface area contributed by atoms with Crippen molar-refractivity contribution in [1.82, 2.24) is 9.80 Å². The first-order chi connectivity index (χ1) is 12.0. The highest BCUT2D eigenvalue weighted by Crippen LogP contribution is 2.15. The summed E-state index contributed by atoms with van der Waals surface area (Å²) in [5.41, 5.74) is 5.87. The molecular formula is C16H23ClN4O5. The van der Waals surface area contributed by atoms with Crippen molar-refractivity contribution in [3.05, 3.63) is 39.9 Å². The maximum atomic E-state index is 12.4. The van der Waals surface area contributed by atoms with Crippen LogP contribution in [0.4, 0.5) is 5.69 Å². The average molecular weight is 387 g/mol. The first-order valence-electron chi connectivity index (χ1n) is 8.00. The lowest BCUT2D eigenvalue weighted by Gasteiger charge is -2.35. The summed E-state index contributed by atoms with van der Waals surface area (Å²) in [6.07, 6.45) is -0.0733. The molecule has 1 heterocycles. The van der Waals surface area contributed by atoms with E-state index in [1.165, 1.54) is 31.4 Å². The van der Waals surface area contributed by atoms with E-state index in [-0.39, 0.29) is 49.0 Å². The Bertz CT molecular complexity index is 628. The highest BCUT2D eigenvalue weighted by molar-refractivity contribution is 5.94. The number of non-ortho nitro benzene ring substituents is 1. The number of nitrogens with two attached hydrogens (primary N) is 1. The molecule has 1 fully saturated rings. The summed E-state index contributed by atoms with van der Waals surface area (Å²) in [4.78, 5) is 38.1. The van der Waals surface area contributed by atoms with Crippen molar-refractivity contribution in [3.63, 3.8) is 0 Å². The van der Waals surface area contributed by atoms with E-state index in [1.807, 2.05) is 0 Å². The normalized spacial score (nSPS) is 15.2. The van der Waals surface area contributed by atoms with Crippen LogP contribution in [0.2, 0.25) is 0 Å². The second-order valence-electron chi connectivity index (χ2n) is 5.77. The van der Waals surface area contributed by atoms with Gasteiger partial charge in [-0.1, -0.05) is 0 Å². The molecule has 0 spiro atoms. The third kappa shape index (κ3) is 5.38. The number of nitro benzene ring substituents is 1. The summed E-state index contributed by atoms with van der Waals surface area (Å²) in [5.74, 6) is -0.238. The second-order valence-corrected chi connectivity index (χ2v) is 5.77. The van der Waals surface area contributed by atoms with Gasteiger partial charge in [0.05, 0.1) is 17.4 Å². The van der Waals surface area contributed by atoms with Gasteiger partial charge in [-0.25, -0.2) is 0 Å². The first-order valence-corrected chi connectivity index (χ1v) is 8.00. The summed E-state index contributed by atoms with van der Waals surface area (Å²) in [6.45, 7) is 2.00. The summed E-state index contributed by atoms with van der Waals surface area (Å²) in [6, 6.07) is 5.51. The van der Waals surface area contributed by atoms with Crippen LogP contribution in [0, 0.1) is 10.1 Å². The van der Waals surface area contributed by atoms with Crippen LogP contribution in [0.15, 0.2) is 24.3 Å². The molecule has 2 amide bonds. The molecule has 1 saturated heterocycles. The number of amides is 2. The van der Waals surface area contributed by atoms with E-state index in [0.29, 0.717) is 31.7 Å². The summed E-state index contributed by atoms with van der Waals surface area (Å²) in [5, 5.41) is 10.7. The third-order valence-corrected chi connectivity index (χ3v) is 4.24. The number of carbonyl (C=O) groups is 2. The summed E-state index contributed by atoms with van der Waals surface area (Å²) in [7, 11) is 1.52. The lowest BCUT2D eigenvalue weighted by atomic mass is 10.1. The largest absolute Gasteiger partial charge is 0.380 e. The number of benzene rings is 1. The van der Waals surface area contributed by atoms with Crippen LogP contribution >= 0.6 is 12.4 Å². The van der Waals surface area contributed by atoms with Crippen LogP contribution in [0.5, 0.6) is 0 Å². The maximum Gasteiger partial charge on any atom is 0.269 e. The zero-order chi connectivity index (χ0) is 18.4. The van der Waals surface area contributed by atoms with E-state index in [1.54, 1.807) is 9.80 Å². The predicted octanol–water partition coefficient (Wildman–Crippen LogP) is 0.665. The number of ether oxygens (including phenoxy) is 1. The van der Waals surface area contributed by atoms with Gasteiger partial charge in [0.25, 0.3) is 11.6 Å². The van der Waals surface area contributed by atoms with Crippen LogP contribution in [-0.2, 0) is 9.53 Å². The number of rotatable bonds is 6. The Hall–Kier alpha value is -2.23. The fraction of sp³-hybridized carbons (Fsp3) is 0.500. The molecule has 0 aliphatic carbocycles. The Kier molecular flexibility index (Phi) is 8.43. The fourth-order valence-corrected chi connectivity index (χ4v) is 2.65. The monoisotopic (exact) mass is 386 g/mol. The number of carbonyl (C=O) groups excluding carboxylic acids is 2. The van der Waals surface area contributed by atoms with Gasteiger partial charge in [-0.15, -0.1) is 12.4 Å². The van der Waals surface area contributed by atoms with Gasteiger partial charge in [-0.05, 0) is 12.1 Å². The van der Waals surface area contributed by atoms with Crippen molar-refractivity contribution in [2.24, 2.45) is 5.73 Å². The number of halogens is 1. The van der Waals surface area contributed by atoms with Crippen molar-refractivity contribution in [3.8, 4) is 0 Å². The summed E-state index contributed by atoms with van der Waals surface area (Å²) >= 11 is 0. The number of hydrogen-bond donors (Lipinski definition) is 1. The van der Waals surface area contributed by atoms with E-state index in [9.17, 15) is 19.7 Å². The highest BCUT2D eigenvalue weighted by atomic mass is 35.5. The Labute approximate surface area is 157 Å². The van der Waals surface area contributed by atoms with Gasteiger partial charge in [-0.2, -0.15) is 0 Å². The molecule has 1 unspecified atom stereocenters. The molecule has 1 aliphatic rings. The van der Waals surface area contributed by atoms with Crippen molar-refractivity contribution in [1.29, 1.82) is 0 Å². The number of piperazine rings is 1. The fourth-order valence-electron chi connectivity index (χ4n) is 2.65. The van der Waals surface area contributed by atoms with Crippen molar-refractivity contribution >= 4 is 29.9 Å². The van der Waals surface area contributed by atoms with Gasteiger partial charge < -0.3 is 20.3 Å². The highest BCUT2D eigenvalue weighted by Gasteiger charge is 2.26. The Balaban J connectivity index is 0.00000338. The molecule has 9 nitrogen and oxygen atoms in total. The minimum absolute atomic E-state index is 0. The lowest BCUT2D eigenvalue weighted by molar-refractivity contribution is -0.384. The van der Waals surface area contributed by atoms with Crippen LogP contribution in [0.3, 0.4) is 0 Å². The molecule has 2 rings (SSSR count). The molecule has 1 aliphatic heterocycles. The van der Waals surface area contributed by atoms with Crippen LogP contribution in [0.1, 0.15) is 16.8 Å². The quantitative estimate of drug-likeness (QED) is 0.566. The SMILES string of the molecule is COC(CN)CC(=O)N1CCN(C(=O)c2ccc([N+](=O)[O-])cc2)CC1.Cl. The molecule has 0 bridgehead atoms. The maximum absolute atomic E-state index is 12.4. The molecule has 1 aromatic rings. The van der Waals surface area contributed by atoms with Crippen molar-refractivity contribution in [2.75, 3.05) is 39.8 Å². The molecule has 2 N–H and O–H groups in total. The number of methoxy groups -OCH3 is 1. The van der Waals surface area contributed by atoms with Crippen LogP contribution in [0.25, 0.3) is 0 Å². The Morgan fingerprint density at radius 2 is 1.73 bits per heavy atom. The van der Waals surface area contributed by atoms with Crippen molar-refractivity contribution < 1.29 is 19.2 Å². The van der Waals surface area contributed by atoms with E-state index in [2.05, 4.69) is 0 Å². The molecule has 1 aromatic carbocycles. The zero-order valence-electron chi connectivity index (χ0n) is 14.5. The number of nitrogens with zero attached hydrogens (tertiary/aromatic N) is 3. The third-order valence-electron chi connectivity index (χ3n) is 4.24. The molecular weight excluding hydrogens is 364 g/mol. The van der Waals surface area contributed by atoms with Crippen LogP contribution < -0.4 is 5.73 Å². The van der Waals surface area contributed by atoms with E-state index >= 15 is 0 Å². The van der Waals surface area contributed by atoms with E-state index in [4.69, 9.17) is 10.5 Å². The molecule has 26 heavy (non-hydrogen) atoms. The second kappa shape index (κ2) is 10.0. The average Bonchev–Trinajstić information content (AvgIpc) is 2.65. The molecule has 0 saturated carbocycles. The molecule has 1 atom stereocenters. The standard InChI is InChI=1S/C16H22N4O5.ClH/c1-25-14(11-17)10-15(21)18-6-8-19(9-7-18)16(22)12-2-4-13(5-3-12)20(23)24;/h2-5,14H,6-11,17H2,1H3;1H. The number of nitro groups is 1. The molecule has 10 heteroatoms. The predicted molar refractivity (Wildman–Crippen MR) is 97.3 cm³/mol. The Morgan fingerprint density at radius 1 is 1.19 bits per heavy atom. The van der Waals surface area contributed by atoms with Gasteiger partial charge in [0.1, 0.15) is 0 Å². The van der Waals surface area contributed by atoms with Gasteiger partial charge in [-0.3, -0.25) is 19.7 Å². The topological polar surface area (TPSA) is 119 Å². The molecule has 0 radical (unpaired) electrons. The molecule has 0 aromatic heterocycles. The smallest absolute Gasteiger partial charge is 0.269 e.